The van der Waals surface area contributed by atoms with Crippen LogP contribution in [-0.2, 0) is 21.1 Å². The van der Waals surface area contributed by atoms with Crippen molar-refractivity contribution in [2.75, 3.05) is 26.6 Å². The summed E-state index contributed by atoms with van der Waals surface area (Å²) in [5, 5.41) is 2.29. The number of benzene rings is 8. The topological polar surface area (TPSA) is 34.0 Å². The van der Waals surface area contributed by atoms with Gasteiger partial charge in [-0.3, -0.25) is 0 Å². The fourth-order valence-electron chi connectivity index (χ4n) is 10.2. The summed E-state index contributed by atoms with van der Waals surface area (Å²) in [7, 11) is 2.03. The summed E-state index contributed by atoms with van der Waals surface area (Å²) in [4.78, 5) is 16.3. The predicted molar refractivity (Wildman–Crippen MR) is 269 cm³/mol. The van der Waals surface area contributed by atoms with Gasteiger partial charge in [0.25, 0.3) is 6.71 Å². The van der Waals surface area contributed by atoms with Crippen molar-refractivity contribution in [2.45, 2.75) is 0 Å². The second-order valence-corrected chi connectivity index (χ2v) is 16.7. The van der Waals surface area contributed by atoms with Gasteiger partial charge in [0.1, 0.15) is 5.82 Å². The van der Waals surface area contributed by atoms with Crippen LogP contribution in [0.25, 0.3) is 27.5 Å². The zero-order chi connectivity index (χ0) is 43.0. The summed E-state index contributed by atoms with van der Waals surface area (Å²) in [5.74, 6) is 0.783. The summed E-state index contributed by atoms with van der Waals surface area (Å²) in [6.07, 6.45) is 5.97. The first-order valence-corrected chi connectivity index (χ1v) is 22.0. The van der Waals surface area contributed by atoms with Gasteiger partial charge in [0.15, 0.2) is 0 Å². The molecule has 0 atom stereocenters. The number of rotatable bonds is 7. The van der Waals surface area contributed by atoms with E-state index in [-0.39, 0.29) is 27.8 Å². The second kappa shape index (κ2) is 16.0. The number of hydrogen-bond donors (Lipinski definition) is 0. The van der Waals surface area contributed by atoms with Crippen molar-refractivity contribution >= 4 is 102 Å². The molecule has 13 rings (SSSR count). The van der Waals surface area contributed by atoms with Crippen LogP contribution in [0.2, 0.25) is 0 Å². The third-order valence-corrected chi connectivity index (χ3v) is 12.9. The minimum absolute atomic E-state index is 0. The molecule has 0 saturated heterocycles. The summed E-state index contributed by atoms with van der Waals surface area (Å²) >= 11 is 0. The van der Waals surface area contributed by atoms with Crippen LogP contribution in [0.5, 0.6) is 0 Å². The van der Waals surface area contributed by atoms with Crippen LogP contribution < -0.4 is 36.0 Å². The third-order valence-electron chi connectivity index (χ3n) is 12.9. The first kappa shape index (κ1) is 39.8. The molecule has 0 N–H and O–H groups in total. The number of aromatic nitrogens is 2. The molecule has 9 heteroatoms. The first-order valence-electron chi connectivity index (χ1n) is 22.0. The molecule has 0 spiro atoms. The van der Waals surface area contributed by atoms with E-state index in [4.69, 9.17) is 4.98 Å². The van der Waals surface area contributed by atoms with Crippen LogP contribution in [0.4, 0.5) is 57.0 Å². The van der Waals surface area contributed by atoms with Gasteiger partial charge in [-0.05, 0) is 108 Å². The Bertz CT molecular complexity index is 3370. The number of anilines is 10. The average molecular weight is 1030 g/mol. The van der Waals surface area contributed by atoms with Gasteiger partial charge in [0.05, 0.1) is 0 Å². The number of hydrogen-bond acceptors (Lipinski definition) is 6. The average Bonchev–Trinajstić information content (AvgIpc) is 3.95. The molecular weight excluding hydrogens is 989 g/mol. The Labute approximate surface area is 399 Å². The van der Waals surface area contributed by atoms with E-state index in [0.717, 1.165) is 84.5 Å². The van der Waals surface area contributed by atoms with Crippen LogP contribution in [-0.4, -0.2) is 28.2 Å². The Kier molecular flexibility index (Phi) is 9.65. The molecule has 0 amide bonds. The van der Waals surface area contributed by atoms with E-state index in [1.807, 2.05) is 30.4 Å². The second-order valence-electron chi connectivity index (χ2n) is 16.7. The largest absolute Gasteiger partial charge is 0.510 e. The maximum Gasteiger partial charge on any atom is 0.252 e. The van der Waals surface area contributed by atoms with Crippen molar-refractivity contribution in [3.63, 3.8) is 0 Å². The molecule has 7 nitrogen and oxygen atoms in total. The molecule has 0 unspecified atom stereocenters. The van der Waals surface area contributed by atoms with Gasteiger partial charge in [0.2, 0.25) is 0 Å². The Morgan fingerprint density at radius 1 is 0.545 bits per heavy atom. The molecule has 66 heavy (non-hydrogen) atoms. The molecule has 0 radical (unpaired) electrons. The molecule has 3 aliphatic heterocycles. The summed E-state index contributed by atoms with van der Waals surface area (Å²) < 4.78 is 2.29. The minimum Gasteiger partial charge on any atom is -0.510 e. The standard InChI is InChI=1S/C57H39BN7.Pt/c1-60-33-34-61(39-60)42-30-31-47-46-23-8-11-26-50(46)65(53(47)36-42)44-22-16-21-43(35-44)62(56-29-14-15-32-59-56)45-37-54-57-55(38-45)64(41-19-6-3-7-20-41)52-28-13-10-25-49(52)58(57)48-24-9-12-27-51(48)63(54)40-17-4-2-5-18-40;/h2-34,37-39H,1H3;/q-3;. The van der Waals surface area contributed by atoms with E-state index in [9.17, 15) is 0 Å². The molecule has 2 aromatic heterocycles. The van der Waals surface area contributed by atoms with Crippen molar-refractivity contribution in [3.05, 3.63) is 232 Å². The Morgan fingerprint density at radius 2 is 1.18 bits per heavy atom. The number of para-hydroxylation sites is 5. The van der Waals surface area contributed by atoms with Gasteiger partial charge in [-0.2, -0.15) is 18.8 Å². The van der Waals surface area contributed by atoms with Crippen LogP contribution >= 0.6 is 0 Å². The van der Waals surface area contributed by atoms with Crippen LogP contribution in [0.1, 0.15) is 0 Å². The molecule has 0 fully saturated rings. The maximum absolute atomic E-state index is 5.06. The SMILES string of the molecule is CN1C=CN(c2[c-]c3c(cc2)c2ccccc2n3-c2[c-]c(N(c3cc4c5c(c3)N(c3ccccc3)c3ccccc3B5c3ccccc3N4c3ccccc3)c3ccccn3)ccc2)[CH-]1.[Pt]. The molecule has 0 aliphatic carbocycles. The zero-order valence-electron chi connectivity index (χ0n) is 35.8. The minimum atomic E-state index is 0. The molecule has 10 aromatic rings. The molecule has 5 heterocycles. The van der Waals surface area contributed by atoms with Crippen molar-refractivity contribution < 1.29 is 21.1 Å². The van der Waals surface area contributed by atoms with E-state index >= 15 is 0 Å². The summed E-state index contributed by atoms with van der Waals surface area (Å²) in [6, 6.07) is 77.3. The number of pyridine rings is 1. The molecule has 3 aliphatic rings. The number of nitrogens with zero attached hydrogens (tertiary/aromatic N) is 7. The Balaban J connectivity index is 0.00000456. The van der Waals surface area contributed by atoms with E-state index in [1.165, 1.54) is 16.4 Å². The molecule has 8 aromatic carbocycles. The van der Waals surface area contributed by atoms with E-state index in [0.29, 0.717) is 0 Å². The molecule has 318 valence electrons. The molecule has 0 bridgehead atoms. The smallest absolute Gasteiger partial charge is 0.252 e. The number of fused-ring (bicyclic) bond motifs is 7. The molecule has 0 saturated carbocycles. The maximum atomic E-state index is 5.06. The normalized spacial score (nSPS) is 13.4. The van der Waals surface area contributed by atoms with Crippen molar-refractivity contribution in [1.82, 2.24) is 14.5 Å². The zero-order valence-corrected chi connectivity index (χ0v) is 38.1. The first-order chi connectivity index (χ1) is 32.2. The van der Waals surface area contributed by atoms with Gasteiger partial charge >= 0.3 is 0 Å². The fourth-order valence-corrected chi connectivity index (χ4v) is 10.2. The van der Waals surface area contributed by atoms with Gasteiger partial charge in [0, 0.05) is 72.6 Å². The quantitative estimate of drug-likeness (QED) is 0.117. The Hall–Kier alpha value is -7.80. The van der Waals surface area contributed by atoms with Gasteiger partial charge in [-0.25, -0.2) is 4.98 Å². The van der Waals surface area contributed by atoms with Crippen molar-refractivity contribution in [3.8, 4) is 5.69 Å². The van der Waals surface area contributed by atoms with Gasteiger partial charge in [-0.1, -0.05) is 114 Å². The van der Waals surface area contributed by atoms with Crippen LogP contribution in [0.15, 0.2) is 213 Å². The Morgan fingerprint density at radius 3 is 1.83 bits per heavy atom. The third kappa shape index (κ3) is 6.28. The monoisotopic (exact) mass is 1030 g/mol. The van der Waals surface area contributed by atoms with E-state index in [1.54, 1.807) is 0 Å². The van der Waals surface area contributed by atoms with E-state index < -0.39 is 0 Å². The summed E-state index contributed by atoms with van der Waals surface area (Å²) in [6.45, 7) is 2.07. The van der Waals surface area contributed by atoms with Gasteiger partial charge in [-0.15, -0.1) is 41.4 Å². The van der Waals surface area contributed by atoms with Crippen molar-refractivity contribution in [2.24, 2.45) is 0 Å². The van der Waals surface area contributed by atoms with Gasteiger partial charge < -0.3 is 29.1 Å². The predicted octanol–water partition coefficient (Wildman–Crippen LogP) is 11.7. The summed E-state index contributed by atoms with van der Waals surface area (Å²) in [5.41, 5.74) is 16.3. The van der Waals surface area contributed by atoms with E-state index in [2.05, 4.69) is 237 Å². The fraction of sp³-hybridized carbons (Fsp3) is 0.0175. The van der Waals surface area contributed by atoms with Crippen molar-refractivity contribution in [1.29, 1.82) is 0 Å². The molecular formula is C57H39BN7Pt-3. The van der Waals surface area contributed by atoms with Crippen LogP contribution in [0.3, 0.4) is 0 Å². The van der Waals surface area contributed by atoms with Crippen LogP contribution in [0, 0.1) is 18.8 Å².